The van der Waals surface area contributed by atoms with Crippen LogP contribution >= 0.6 is 0 Å². The Kier molecular flexibility index (Phi) is 4.47. The summed E-state index contributed by atoms with van der Waals surface area (Å²) in [5.41, 5.74) is 2.78. The average molecular weight is 458 g/mol. The number of nitrogens with zero attached hydrogens (tertiary/aromatic N) is 4. The van der Waals surface area contributed by atoms with Gasteiger partial charge in [0.25, 0.3) is 5.56 Å². The molecule has 4 aromatic heterocycles. The summed E-state index contributed by atoms with van der Waals surface area (Å²) in [7, 11) is 0. The summed E-state index contributed by atoms with van der Waals surface area (Å²) in [5, 5.41) is 4.46. The van der Waals surface area contributed by atoms with Crippen LogP contribution in [0, 0.1) is 11.6 Å². The van der Waals surface area contributed by atoms with Gasteiger partial charge in [0, 0.05) is 53.6 Å². The minimum Gasteiger partial charge on any atom is -0.313 e. The number of hydrogen-bond donors (Lipinski definition) is 2. The minimum atomic E-state index is -0.631. The van der Waals surface area contributed by atoms with Gasteiger partial charge in [0.1, 0.15) is 11.6 Å². The normalized spacial score (nSPS) is 17.2. The van der Waals surface area contributed by atoms with Crippen LogP contribution in [0.15, 0.2) is 70.8 Å². The molecule has 0 amide bonds. The predicted octanol–water partition coefficient (Wildman–Crippen LogP) is 3.38. The van der Waals surface area contributed by atoms with E-state index < -0.39 is 22.9 Å². The molecule has 1 fully saturated rings. The van der Waals surface area contributed by atoms with Crippen molar-refractivity contribution < 1.29 is 8.78 Å². The first-order valence-corrected chi connectivity index (χ1v) is 10.6. The first-order valence-electron chi connectivity index (χ1n) is 10.6. The smallest absolute Gasteiger partial charge is 0.313 e. The number of halogens is 2. The molecular formula is C24H16F2N6O2. The number of fused-ring (bicyclic) bond motifs is 1. The third-order valence-corrected chi connectivity index (χ3v) is 6.08. The van der Waals surface area contributed by atoms with Crippen LogP contribution in [0.5, 0.6) is 0 Å². The maximum atomic E-state index is 14.3. The lowest BCUT2D eigenvalue weighted by molar-refractivity contribution is 0.585. The van der Waals surface area contributed by atoms with Crippen LogP contribution in [-0.2, 0) is 0 Å². The van der Waals surface area contributed by atoms with Crippen LogP contribution in [0.2, 0.25) is 0 Å². The van der Waals surface area contributed by atoms with Gasteiger partial charge in [0.15, 0.2) is 5.65 Å². The molecule has 1 aliphatic carbocycles. The third-order valence-electron chi connectivity index (χ3n) is 6.08. The summed E-state index contributed by atoms with van der Waals surface area (Å²) < 4.78 is 29.2. The Morgan fingerprint density at radius 1 is 0.971 bits per heavy atom. The van der Waals surface area contributed by atoms with Gasteiger partial charge >= 0.3 is 5.69 Å². The summed E-state index contributed by atoms with van der Waals surface area (Å²) in [6.45, 7) is 0. The van der Waals surface area contributed by atoms with Gasteiger partial charge in [-0.15, -0.1) is 0 Å². The fourth-order valence-electron chi connectivity index (χ4n) is 4.35. The second kappa shape index (κ2) is 7.55. The van der Waals surface area contributed by atoms with Crippen LogP contribution in [0.25, 0.3) is 28.0 Å². The van der Waals surface area contributed by atoms with Crippen molar-refractivity contribution in [2.45, 2.75) is 18.3 Å². The maximum absolute atomic E-state index is 14.3. The van der Waals surface area contributed by atoms with E-state index in [-0.39, 0.29) is 17.4 Å². The van der Waals surface area contributed by atoms with Crippen LogP contribution in [-0.4, -0.2) is 29.5 Å². The average Bonchev–Trinajstić information content (AvgIpc) is 3.47. The first-order chi connectivity index (χ1) is 16.5. The summed E-state index contributed by atoms with van der Waals surface area (Å²) >= 11 is 0. The molecule has 10 heteroatoms. The molecule has 6 rings (SSSR count). The highest BCUT2D eigenvalue weighted by atomic mass is 19.1. The molecule has 0 aliphatic heterocycles. The molecule has 0 saturated heterocycles. The lowest BCUT2D eigenvalue weighted by atomic mass is 10.0. The van der Waals surface area contributed by atoms with E-state index in [1.165, 1.54) is 18.3 Å². The molecule has 0 radical (unpaired) electrons. The Morgan fingerprint density at radius 2 is 1.85 bits per heavy atom. The second-order valence-corrected chi connectivity index (χ2v) is 8.21. The fraction of sp³-hybridized carbons (Fsp3) is 0.125. The van der Waals surface area contributed by atoms with E-state index in [0.717, 1.165) is 23.7 Å². The molecule has 34 heavy (non-hydrogen) atoms. The predicted molar refractivity (Wildman–Crippen MR) is 119 cm³/mol. The summed E-state index contributed by atoms with van der Waals surface area (Å²) in [6.07, 6.45) is 7.06. The van der Waals surface area contributed by atoms with Crippen LogP contribution in [0.1, 0.15) is 29.5 Å². The highest BCUT2D eigenvalue weighted by molar-refractivity contribution is 5.66. The molecular weight excluding hydrogens is 442 g/mol. The molecule has 1 aromatic carbocycles. The Morgan fingerprint density at radius 3 is 2.68 bits per heavy atom. The molecule has 168 valence electrons. The van der Waals surface area contributed by atoms with Crippen molar-refractivity contribution in [1.82, 2.24) is 29.5 Å². The highest BCUT2D eigenvalue weighted by Crippen LogP contribution is 2.55. The number of H-pyrrole nitrogens is 2. The summed E-state index contributed by atoms with van der Waals surface area (Å²) in [5.74, 6) is -1.13. The third kappa shape index (κ3) is 3.40. The van der Waals surface area contributed by atoms with Crippen LogP contribution < -0.4 is 11.2 Å². The lowest BCUT2D eigenvalue weighted by Gasteiger charge is -2.08. The number of imidazole rings is 1. The molecule has 2 atom stereocenters. The molecule has 2 N–H and O–H groups in total. The second-order valence-electron chi connectivity index (χ2n) is 8.21. The molecule has 1 saturated carbocycles. The van der Waals surface area contributed by atoms with E-state index in [0.29, 0.717) is 22.5 Å². The van der Waals surface area contributed by atoms with E-state index in [4.69, 9.17) is 0 Å². The quantitative estimate of drug-likeness (QED) is 0.429. The monoisotopic (exact) mass is 458 g/mol. The number of benzene rings is 1. The number of aromatic nitrogens is 6. The van der Waals surface area contributed by atoms with Gasteiger partial charge in [-0.1, -0.05) is 0 Å². The molecule has 1 aliphatic rings. The number of pyridine rings is 1. The SMILES string of the molecule is O=c1[nH]cc(-c2cc([C@H]3C[C@@H]3c3cc(-c4ccc(F)cc4F)ccn3)c3nccn3n2)c(=O)[nH]1. The fourth-order valence-corrected chi connectivity index (χ4v) is 4.35. The zero-order valence-electron chi connectivity index (χ0n) is 17.5. The Labute approximate surface area is 190 Å². The van der Waals surface area contributed by atoms with Crippen molar-refractivity contribution in [3.05, 3.63) is 105 Å². The van der Waals surface area contributed by atoms with Gasteiger partial charge in [0.2, 0.25) is 0 Å². The Bertz CT molecular complexity index is 1690. The van der Waals surface area contributed by atoms with Crippen molar-refractivity contribution in [3.8, 4) is 22.4 Å². The van der Waals surface area contributed by atoms with E-state index in [2.05, 4.69) is 25.0 Å². The molecule has 5 aromatic rings. The minimum absolute atomic E-state index is 0.0630. The van der Waals surface area contributed by atoms with Gasteiger partial charge in [-0.25, -0.2) is 23.1 Å². The van der Waals surface area contributed by atoms with Crippen LogP contribution in [0.4, 0.5) is 8.78 Å². The zero-order chi connectivity index (χ0) is 23.4. The van der Waals surface area contributed by atoms with Crippen LogP contribution in [0.3, 0.4) is 0 Å². The van der Waals surface area contributed by atoms with Gasteiger partial charge in [-0.2, -0.15) is 5.10 Å². The molecule has 4 heterocycles. The summed E-state index contributed by atoms with van der Waals surface area (Å²) in [4.78, 5) is 37.3. The maximum Gasteiger partial charge on any atom is 0.325 e. The van der Waals surface area contributed by atoms with E-state index in [1.54, 1.807) is 35.2 Å². The van der Waals surface area contributed by atoms with Gasteiger partial charge < -0.3 is 4.98 Å². The molecule has 8 nitrogen and oxygen atoms in total. The molecule has 0 unspecified atom stereocenters. The van der Waals surface area contributed by atoms with E-state index >= 15 is 0 Å². The van der Waals surface area contributed by atoms with Crippen molar-refractivity contribution >= 4 is 5.65 Å². The number of aromatic amines is 2. The first kappa shape index (κ1) is 20.2. The highest BCUT2D eigenvalue weighted by Gasteiger charge is 2.42. The largest absolute Gasteiger partial charge is 0.325 e. The van der Waals surface area contributed by atoms with Crippen molar-refractivity contribution in [3.63, 3.8) is 0 Å². The van der Waals surface area contributed by atoms with Gasteiger partial charge in [-0.05, 0) is 48.2 Å². The van der Waals surface area contributed by atoms with Gasteiger partial charge in [0.05, 0.1) is 11.3 Å². The van der Waals surface area contributed by atoms with E-state index in [9.17, 15) is 18.4 Å². The van der Waals surface area contributed by atoms with E-state index in [1.807, 2.05) is 6.07 Å². The topological polar surface area (TPSA) is 109 Å². The standard InChI is InChI=1S/C24H16F2N6O2/c25-13-1-2-14(19(26)8-13)12-3-4-27-20(7-12)16-9-15(16)17-10-21(31-32-6-5-28-22(17)32)18-11-29-24(34)30-23(18)33/h1-8,10-11,15-16H,9H2,(H2,29,30,33,34)/t15-,16-/m0/s1. The number of nitrogens with one attached hydrogen (secondary N) is 2. The molecule has 0 bridgehead atoms. The van der Waals surface area contributed by atoms with Gasteiger partial charge in [-0.3, -0.25) is 14.8 Å². The number of rotatable bonds is 4. The molecule has 0 spiro atoms. The van der Waals surface area contributed by atoms with Crippen molar-refractivity contribution in [1.29, 1.82) is 0 Å². The van der Waals surface area contributed by atoms with Crippen molar-refractivity contribution in [2.75, 3.05) is 0 Å². The Hall–Kier alpha value is -4.47. The Balaban J connectivity index is 1.38. The number of hydrogen-bond acceptors (Lipinski definition) is 5. The van der Waals surface area contributed by atoms with Crippen molar-refractivity contribution in [2.24, 2.45) is 0 Å². The zero-order valence-corrected chi connectivity index (χ0v) is 17.5. The lowest BCUT2D eigenvalue weighted by Crippen LogP contribution is -2.23. The summed E-state index contributed by atoms with van der Waals surface area (Å²) in [6, 6.07) is 8.82.